The normalized spacial score (nSPS) is 20.8. The van der Waals surface area contributed by atoms with Crippen LogP contribution in [0.2, 0.25) is 5.02 Å². The highest BCUT2D eigenvalue weighted by Gasteiger charge is 2.59. The van der Waals surface area contributed by atoms with Gasteiger partial charge in [0.15, 0.2) is 9.84 Å². The van der Waals surface area contributed by atoms with Crippen molar-refractivity contribution >= 4 is 27.3 Å². The number of halogens is 1. The average molecular weight is 408 g/mol. The molecule has 1 saturated carbocycles. The maximum absolute atomic E-state index is 12.7. The SMILES string of the molecule is COc1ccc(Cl)cc1C(=O)NC1[C@H](c2ccc(S(C)(=O)=O)cc2)C1(C)C. The monoisotopic (exact) mass is 407 g/mol. The minimum Gasteiger partial charge on any atom is -0.496 e. The summed E-state index contributed by atoms with van der Waals surface area (Å²) in [7, 11) is -1.72. The quantitative estimate of drug-likeness (QED) is 0.820. The summed E-state index contributed by atoms with van der Waals surface area (Å²) >= 11 is 6.02. The van der Waals surface area contributed by atoms with Gasteiger partial charge in [-0.3, -0.25) is 4.79 Å². The van der Waals surface area contributed by atoms with Gasteiger partial charge in [0.1, 0.15) is 5.75 Å². The van der Waals surface area contributed by atoms with Crippen LogP contribution in [0.4, 0.5) is 0 Å². The summed E-state index contributed by atoms with van der Waals surface area (Å²) in [4.78, 5) is 13.0. The average Bonchev–Trinajstić information content (AvgIpc) is 3.14. The van der Waals surface area contributed by atoms with Crippen molar-refractivity contribution in [3.8, 4) is 5.75 Å². The highest BCUT2D eigenvalue weighted by atomic mass is 35.5. The summed E-state index contributed by atoms with van der Waals surface area (Å²) in [6.45, 7) is 4.14. The zero-order valence-electron chi connectivity index (χ0n) is 15.6. The Bertz CT molecular complexity index is 984. The fraction of sp³-hybridized carbons (Fsp3) is 0.350. The van der Waals surface area contributed by atoms with Gasteiger partial charge in [-0.15, -0.1) is 0 Å². The fourth-order valence-electron chi connectivity index (χ4n) is 3.53. The van der Waals surface area contributed by atoms with Gasteiger partial charge in [-0.1, -0.05) is 37.6 Å². The predicted octanol–water partition coefficient (Wildman–Crippen LogP) is 3.67. The molecule has 1 aliphatic rings. The number of methoxy groups -OCH3 is 1. The molecule has 0 radical (unpaired) electrons. The van der Waals surface area contributed by atoms with Crippen molar-refractivity contribution < 1.29 is 17.9 Å². The van der Waals surface area contributed by atoms with E-state index in [0.29, 0.717) is 16.3 Å². The van der Waals surface area contributed by atoms with Crippen LogP contribution in [0.1, 0.15) is 35.7 Å². The number of nitrogens with one attached hydrogen (secondary N) is 1. The first-order valence-electron chi connectivity index (χ1n) is 8.50. The predicted molar refractivity (Wildman–Crippen MR) is 105 cm³/mol. The molecule has 2 atom stereocenters. The van der Waals surface area contributed by atoms with Crippen LogP contribution in [0.5, 0.6) is 5.75 Å². The lowest BCUT2D eigenvalue weighted by molar-refractivity contribution is 0.0943. The van der Waals surface area contributed by atoms with E-state index in [9.17, 15) is 13.2 Å². The summed E-state index contributed by atoms with van der Waals surface area (Å²) in [6.07, 6.45) is 1.18. The summed E-state index contributed by atoms with van der Waals surface area (Å²) in [5.74, 6) is 0.312. The summed E-state index contributed by atoms with van der Waals surface area (Å²) in [5.41, 5.74) is 1.24. The first-order valence-corrected chi connectivity index (χ1v) is 10.8. The highest BCUT2D eigenvalue weighted by Crippen LogP contribution is 2.58. The van der Waals surface area contributed by atoms with Crippen molar-refractivity contribution in [2.24, 2.45) is 5.41 Å². The molecule has 144 valence electrons. The maximum Gasteiger partial charge on any atom is 0.255 e. The molecule has 0 aromatic heterocycles. The Morgan fingerprint density at radius 2 is 1.78 bits per heavy atom. The van der Waals surface area contributed by atoms with E-state index in [1.165, 1.54) is 13.4 Å². The van der Waals surface area contributed by atoms with Crippen LogP contribution in [0.25, 0.3) is 0 Å². The Kier molecular flexibility index (Phi) is 4.99. The second-order valence-electron chi connectivity index (χ2n) is 7.44. The van der Waals surface area contributed by atoms with Crippen molar-refractivity contribution in [2.75, 3.05) is 13.4 Å². The number of benzene rings is 2. The van der Waals surface area contributed by atoms with Crippen LogP contribution in [0.3, 0.4) is 0 Å². The fourth-order valence-corrected chi connectivity index (χ4v) is 4.33. The molecule has 1 N–H and O–H groups in total. The van der Waals surface area contributed by atoms with Gasteiger partial charge in [0, 0.05) is 23.2 Å². The molecule has 5 nitrogen and oxygen atoms in total. The van der Waals surface area contributed by atoms with E-state index in [1.54, 1.807) is 30.3 Å². The summed E-state index contributed by atoms with van der Waals surface area (Å²) < 4.78 is 28.5. The lowest BCUT2D eigenvalue weighted by atomic mass is 10.0. The minimum atomic E-state index is -3.23. The van der Waals surface area contributed by atoms with Crippen LogP contribution < -0.4 is 10.1 Å². The highest BCUT2D eigenvalue weighted by molar-refractivity contribution is 7.90. The molecule has 27 heavy (non-hydrogen) atoms. The molecule has 0 saturated heterocycles. The van der Waals surface area contributed by atoms with E-state index in [1.807, 2.05) is 12.1 Å². The van der Waals surface area contributed by atoms with Gasteiger partial charge >= 0.3 is 0 Å². The van der Waals surface area contributed by atoms with Crippen molar-refractivity contribution in [3.05, 3.63) is 58.6 Å². The van der Waals surface area contributed by atoms with Gasteiger partial charge in [0.05, 0.1) is 17.6 Å². The van der Waals surface area contributed by atoms with Crippen LogP contribution in [-0.4, -0.2) is 33.7 Å². The number of ether oxygens (including phenoxy) is 1. The molecule has 3 rings (SSSR count). The molecular weight excluding hydrogens is 386 g/mol. The lowest BCUT2D eigenvalue weighted by Crippen LogP contribution is -2.29. The third kappa shape index (κ3) is 3.82. The Hall–Kier alpha value is -2.05. The van der Waals surface area contributed by atoms with Crippen molar-refractivity contribution in [3.63, 3.8) is 0 Å². The Morgan fingerprint density at radius 1 is 1.15 bits per heavy atom. The molecule has 7 heteroatoms. The van der Waals surface area contributed by atoms with Crippen LogP contribution in [0, 0.1) is 5.41 Å². The van der Waals surface area contributed by atoms with E-state index in [-0.39, 0.29) is 28.2 Å². The van der Waals surface area contributed by atoms with E-state index < -0.39 is 9.84 Å². The van der Waals surface area contributed by atoms with Crippen LogP contribution in [0.15, 0.2) is 47.4 Å². The number of carbonyl (C=O) groups is 1. The van der Waals surface area contributed by atoms with E-state index in [4.69, 9.17) is 16.3 Å². The van der Waals surface area contributed by atoms with Crippen LogP contribution in [-0.2, 0) is 9.84 Å². The molecule has 1 aliphatic carbocycles. The van der Waals surface area contributed by atoms with Gasteiger partial charge in [-0.2, -0.15) is 0 Å². The maximum atomic E-state index is 12.7. The molecule has 0 bridgehead atoms. The molecule has 0 heterocycles. The van der Waals surface area contributed by atoms with Gasteiger partial charge in [-0.05, 0) is 41.3 Å². The molecule has 2 aromatic rings. The smallest absolute Gasteiger partial charge is 0.255 e. The largest absolute Gasteiger partial charge is 0.496 e. The second-order valence-corrected chi connectivity index (χ2v) is 9.89. The third-order valence-electron chi connectivity index (χ3n) is 5.19. The zero-order valence-corrected chi connectivity index (χ0v) is 17.2. The molecule has 2 aromatic carbocycles. The Balaban J connectivity index is 1.80. The van der Waals surface area contributed by atoms with Crippen molar-refractivity contribution in [2.45, 2.75) is 30.7 Å². The molecular formula is C20H22ClNO4S. The molecule has 1 unspecified atom stereocenters. The standard InChI is InChI=1S/C20H22ClNO4S/c1-20(2)17(12-5-8-14(9-6-12)27(4,24)25)18(20)22-19(23)15-11-13(21)7-10-16(15)26-3/h5-11,17-18H,1-4H3,(H,22,23)/t17-,18?/m0/s1. The number of rotatable bonds is 5. The lowest BCUT2D eigenvalue weighted by Gasteiger charge is -2.10. The van der Waals surface area contributed by atoms with Crippen molar-refractivity contribution in [1.82, 2.24) is 5.32 Å². The number of hydrogen-bond acceptors (Lipinski definition) is 4. The third-order valence-corrected chi connectivity index (χ3v) is 6.55. The summed E-state index contributed by atoms with van der Waals surface area (Å²) in [6, 6.07) is 11.7. The first-order chi connectivity index (χ1) is 12.6. The molecule has 0 spiro atoms. The van der Waals surface area contributed by atoms with Crippen molar-refractivity contribution in [1.29, 1.82) is 0 Å². The summed E-state index contributed by atoms with van der Waals surface area (Å²) in [5, 5.41) is 3.52. The van der Waals surface area contributed by atoms with E-state index in [2.05, 4.69) is 19.2 Å². The van der Waals surface area contributed by atoms with Gasteiger partial charge in [-0.25, -0.2) is 8.42 Å². The van der Waals surface area contributed by atoms with Gasteiger partial charge in [0.25, 0.3) is 5.91 Å². The number of amides is 1. The molecule has 1 amide bonds. The van der Waals surface area contributed by atoms with E-state index >= 15 is 0 Å². The zero-order chi connectivity index (χ0) is 20.0. The number of sulfone groups is 1. The number of hydrogen-bond donors (Lipinski definition) is 1. The first kappa shape index (κ1) is 19.7. The van der Waals surface area contributed by atoms with Gasteiger partial charge < -0.3 is 10.1 Å². The minimum absolute atomic E-state index is 0.0715. The number of carbonyl (C=O) groups excluding carboxylic acids is 1. The molecule has 1 fully saturated rings. The van der Waals surface area contributed by atoms with Gasteiger partial charge in [0.2, 0.25) is 0 Å². The Morgan fingerprint density at radius 3 is 2.33 bits per heavy atom. The van der Waals surface area contributed by atoms with E-state index in [0.717, 1.165) is 5.56 Å². The second kappa shape index (κ2) is 6.84. The topological polar surface area (TPSA) is 72.5 Å². The molecule has 0 aliphatic heterocycles. The van der Waals surface area contributed by atoms with Crippen LogP contribution >= 0.6 is 11.6 Å². The Labute approximate surface area is 164 Å².